The molecule has 0 saturated heterocycles. The summed E-state index contributed by atoms with van der Waals surface area (Å²) >= 11 is 0. The molecule has 0 saturated carbocycles. The molecule has 2 nitrogen and oxygen atoms in total. The molecule has 0 bridgehead atoms. The van der Waals surface area contributed by atoms with Crippen LogP contribution >= 0.6 is 10.5 Å². The molecule has 2 aliphatic rings. The monoisotopic (exact) mass is 215 g/mol. The first-order valence-corrected chi connectivity index (χ1v) is 6.02. The van der Waals surface area contributed by atoms with E-state index < -0.39 is 0 Å². The molecule has 2 aliphatic heterocycles. The average Bonchev–Trinajstić information content (AvgIpc) is 2.48. The molecule has 0 radical (unpaired) electrons. The number of para-hydroxylation sites is 1. The normalized spacial score (nSPS) is 21.6. The van der Waals surface area contributed by atoms with E-state index in [0.717, 1.165) is 16.3 Å². The van der Waals surface area contributed by atoms with Crippen LogP contribution in [0.4, 0.5) is 0 Å². The van der Waals surface area contributed by atoms with Crippen molar-refractivity contribution >= 4 is 22.1 Å². The van der Waals surface area contributed by atoms with Gasteiger partial charge in [-0.2, -0.15) is 0 Å². The Hall–Kier alpha value is -1.61. The van der Waals surface area contributed by atoms with Gasteiger partial charge >= 0.3 is 0 Å². The summed E-state index contributed by atoms with van der Waals surface area (Å²) in [6.45, 7) is 0. The highest BCUT2D eigenvalue weighted by Crippen LogP contribution is 2.34. The lowest BCUT2D eigenvalue weighted by Gasteiger charge is -2.04. The standard InChI is InChI=1S/C12H9NOS/c1-2-5-11-10(4-1)9-15-7-3-6-13-12(15)8-14-11/h1-9H. The van der Waals surface area contributed by atoms with Crippen molar-refractivity contribution in [1.82, 2.24) is 0 Å². The Kier molecular flexibility index (Phi) is 2.03. The Labute approximate surface area is 90.5 Å². The van der Waals surface area contributed by atoms with E-state index in [1.54, 1.807) is 12.5 Å². The van der Waals surface area contributed by atoms with E-state index in [-0.39, 0.29) is 10.5 Å². The summed E-state index contributed by atoms with van der Waals surface area (Å²) in [5.41, 5.74) is 1.13. The maximum Gasteiger partial charge on any atom is 0.134 e. The molecular formula is C12H9NOS. The first kappa shape index (κ1) is 8.68. The van der Waals surface area contributed by atoms with Crippen molar-refractivity contribution in [3.05, 3.63) is 52.6 Å². The highest BCUT2D eigenvalue weighted by atomic mass is 32.2. The molecule has 3 rings (SSSR count). The van der Waals surface area contributed by atoms with Gasteiger partial charge in [0.05, 0.1) is 0 Å². The van der Waals surface area contributed by atoms with Gasteiger partial charge in [-0.15, -0.1) is 10.5 Å². The van der Waals surface area contributed by atoms with Crippen LogP contribution in [0.2, 0.25) is 0 Å². The average molecular weight is 215 g/mol. The molecule has 1 aromatic rings. The molecule has 15 heavy (non-hydrogen) atoms. The van der Waals surface area contributed by atoms with Crippen LogP contribution in [0.15, 0.2) is 52.0 Å². The third kappa shape index (κ3) is 1.55. The number of benzene rings is 1. The summed E-state index contributed by atoms with van der Waals surface area (Å²) in [6, 6.07) is 8.02. The third-order valence-corrected chi connectivity index (χ3v) is 3.86. The summed E-state index contributed by atoms with van der Waals surface area (Å²) in [6.07, 6.45) is 5.51. The van der Waals surface area contributed by atoms with Gasteiger partial charge < -0.3 is 4.74 Å². The Morgan fingerprint density at radius 2 is 2.13 bits per heavy atom. The van der Waals surface area contributed by atoms with Crippen LogP contribution in [0.5, 0.6) is 5.75 Å². The number of allylic oxidation sites excluding steroid dienone is 1. The van der Waals surface area contributed by atoms with Gasteiger partial charge in [-0.3, -0.25) is 0 Å². The summed E-state index contributed by atoms with van der Waals surface area (Å²) < 4.78 is 5.58. The van der Waals surface area contributed by atoms with Crippen LogP contribution in [-0.4, -0.2) is 11.6 Å². The number of rotatable bonds is 0. The zero-order valence-electron chi connectivity index (χ0n) is 7.96. The number of ether oxygens (including phenoxy) is 1. The fourth-order valence-electron chi connectivity index (χ4n) is 1.49. The van der Waals surface area contributed by atoms with Crippen LogP contribution in [-0.2, 0) is 0 Å². The zero-order valence-corrected chi connectivity index (χ0v) is 8.78. The highest BCUT2D eigenvalue weighted by Gasteiger charge is 2.09. The molecule has 0 aromatic heterocycles. The molecular weight excluding hydrogens is 206 g/mol. The third-order valence-electron chi connectivity index (χ3n) is 2.21. The number of hydrogen-bond donors (Lipinski definition) is 0. The smallest absolute Gasteiger partial charge is 0.134 e. The fourth-order valence-corrected chi connectivity index (χ4v) is 2.88. The van der Waals surface area contributed by atoms with E-state index in [2.05, 4.69) is 21.8 Å². The van der Waals surface area contributed by atoms with Crippen LogP contribution in [0.25, 0.3) is 0 Å². The number of hydrogen-bond acceptors (Lipinski definition) is 2. The lowest BCUT2D eigenvalue weighted by molar-refractivity contribution is 0.478. The van der Waals surface area contributed by atoms with E-state index in [1.165, 1.54) is 0 Å². The van der Waals surface area contributed by atoms with Gasteiger partial charge in [0.1, 0.15) is 17.0 Å². The Balaban J connectivity index is 2.18. The summed E-state index contributed by atoms with van der Waals surface area (Å²) in [4.78, 5) is 4.30. The van der Waals surface area contributed by atoms with Crippen LogP contribution in [0.3, 0.4) is 0 Å². The van der Waals surface area contributed by atoms with Gasteiger partial charge in [-0.05, 0) is 22.9 Å². The molecule has 2 heterocycles. The zero-order chi connectivity index (χ0) is 10.1. The minimum atomic E-state index is -0.0487. The van der Waals surface area contributed by atoms with Gasteiger partial charge in [-0.1, -0.05) is 18.2 Å². The Bertz CT molecular complexity index is 526. The molecule has 1 unspecified atom stereocenters. The second-order valence-electron chi connectivity index (χ2n) is 3.21. The van der Waals surface area contributed by atoms with Gasteiger partial charge in [0.25, 0.3) is 0 Å². The lowest BCUT2D eigenvalue weighted by Crippen LogP contribution is -1.86. The minimum Gasteiger partial charge on any atom is -0.462 e. The summed E-state index contributed by atoms with van der Waals surface area (Å²) in [7, 11) is -0.0487. The van der Waals surface area contributed by atoms with E-state index in [0.29, 0.717) is 0 Å². The van der Waals surface area contributed by atoms with Gasteiger partial charge in [0.15, 0.2) is 0 Å². The minimum absolute atomic E-state index is 0.0487. The molecule has 0 fully saturated rings. The van der Waals surface area contributed by atoms with Gasteiger partial charge in [0.2, 0.25) is 0 Å². The first-order valence-electron chi connectivity index (χ1n) is 4.67. The number of aliphatic imine (C=N–C) groups is 1. The van der Waals surface area contributed by atoms with E-state index >= 15 is 0 Å². The maximum atomic E-state index is 5.58. The molecule has 3 heteroatoms. The van der Waals surface area contributed by atoms with E-state index in [1.807, 2.05) is 24.3 Å². The number of fused-ring (bicyclic) bond motifs is 2. The summed E-state index contributed by atoms with van der Waals surface area (Å²) in [5.74, 6) is 0.899. The van der Waals surface area contributed by atoms with Crippen molar-refractivity contribution in [2.45, 2.75) is 0 Å². The van der Waals surface area contributed by atoms with Crippen molar-refractivity contribution < 1.29 is 4.74 Å². The SMILES string of the molecule is C1=CS2=Cc3ccccc3OC=C2N=C1. The van der Waals surface area contributed by atoms with Gasteiger partial charge in [-0.25, -0.2) is 4.99 Å². The Morgan fingerprint density at radius 1 is 1.20 bits per heavy atom. The van der Waals surface area contributed by atoms with Crippen LogP contribution in [0.1, 0.15) is 5.56 Å². The highest BCUT2D eigenvalue weighted by molar-refractivity contribution is 8.21. The molecule has 1 atom stereocenters. The van der Waals surface area contributed by atoms with Crippen molar-refractivity contribution in [1.29, 1.82) is 0 Å². The quantitative estimate of drug-likeness (QED) is 0.610. The molecule has 0 aliphatic carbocycles. The lowest BCUT2D eigenvalue weighted by atomic mass is 10.2. The molecule has 0 spiro atoms. The van der Waals surface area contributed by atoms with E-state index in [9.17, 15) is 0 Å². The predicted molar refractivity (Wildman–Crippen MR) is 65.5 cm³/mol. The van der Waals surface area contributed by atoms with Crippen molar-refractivity contribution in [3.63, 3.8) is 0 Å². The summed E-state index contributed by atoms with van der Waals surface area (Å²) in [5, 5.41) is 5.32. The van der Waals surface area contributed by atoms with Crippen LogP contribution in [0, 0.1) is 0 Å². The van der Waals surface area contributed by atoms with Crippen molar-refractivity contribution in [2.75, 3.05) is 0 Å². The Morgan fingerprint density at radius 3 is 3.13 bits per heavy atom. The second kappa shape index (κ2) is 3.51. The van der Waals surface area contributed by atoms with Crippen molar-refractivity contribution in [2.24, 2.45) is 4.99 Å². The topological polar surface area (TPSA) is 21.6 Å². The molecule has 0 amide bonds. The predicted octanol–water partition coefficient (Wildman–Crippen LogP) is 2.90. The largest absolute Gasteiger partial charge is 0.462 e. The fraction of sp³-hybridized carbons (Fsp3) is 0. The molecule has 0 N–H and O–H groups in total. The second-order valence-corrected chi connectivity index (χ2v) is 4.88. The van der Waals surface area contributed by atoms with Gasteiger partial charge in [0, 0.05) is 11.8 Å². The van der Waals surface area contributed by atoms with E-state index in [4.69, 9.17) is 4.74 Å². The number of nitrogens with zero attached hydrogens (tertiary/aromatic N) is 1. The molecule has 1 aromatic carbocycles. The first-order chi connectivity index (χ1) is 7.43. The van der Waals surface area contributed by atoms with Crippen molar-refractivity contribution in [3.8, 4) is 5.75 Å². The van der Waals surface area contributed by atoms with Crippen LogP contribution < -0.4 is 4.74 Å². The molecule has 74 valence electrons. The maximum absolute atomic E-state index is 5.58.